The van der Waals surface area contributed by atoms with Crippen LogP contribution in [0.25, 0.3) is 0 Å². The summed E-state index contributed by atoms with van der Waals surface area (Å²) in [4.78, 5) is 0. The van der Waals surface area contributed by atoms with Gasteiger partial charge in [-0.3, -0.25) is 0 Å². The Hall–Kier alpha value is -0.120. The minimum Gasteiger partial charge on any atom is -0.379 e. The van der Waals surface area contributed by atoms with E-state index in [9.17, 15) is 0 Å². The fourth-order valence-electron chi connectivity index (χ4n) is 1.76. The van der Waals surface area contributed by atoms with Crippen molar-refractivity contribution in [2.45, 2.75) is 51.5 Å². The van der Waals surface area contributed by atoms with Gasteiger partial charge >= 0.3 is 0 Å². The van der Waals surface area contributed by atoms with Gasteiger partial charge in [-0.25, -0.2) is 0 Å². The zero-order valence-electron chi connectivity index (χ0n) is 10.9. The third-order valence-corrected chi connectivity index (χ3v) is 3.29. The lowest BCUT2D eigenvalue weighted by Crippen LogP contribution is -2.33. The van der Waals surface area contributed by atoms with Crippen LogP contribution < -0.4 is 5.32 Å². The molecular weight excluding hydrogens is 202 g/mol. The highest BCUT2D eigenvalue weighted by Gasteiger charge is 2.39. The molecule has 0 spiro atoms. The molecule has 0 aromatic rings. The van der Waals surface area contributed by atoms with Crippen LogP contribution >= 0.6 is 0 Å². The SMILES string of the molecule is CCCCOCCOCCNC1(CC)CC1. The average Bonchev–Trinajstić information content (AvgIpc) is 3.08. The van der Waals surface area contributed by atoms with Crippen LogP contribution in [0.5, 0.6) is 0 Å². The molecule has 1 fully saturated rings. The van der Waals surface area contributed by atoms with E-state index in [1.54, 1.807) is 0 Å². The first-order chi connectivity index (χ1) is 7.83. The number of hydrogen-bond donors (Lipinski definition) is 1. The molecule has 0 unspecified atom stereocenters. The van der Waals surface area contributed by atoms with Gasteiger partial charge in [0.2, 0.25) is 0 Å². The molecular formula is C13H27NO2. The lowest BCUT2D eigenvalue weighted by molar-refractivity contribution is 0.0469. The van der Waals surface area contributed by atoms with Gasteiger partial charge in [-0.2, -0.15) is 0 Å². The number of unbranched alkanes of at least 4 members (excludes halogenated alkanes) is 1. The zero-order chi connectivity index (χ0) is 11.7. The molecule has 0 amide bonds. The fraction of sp³-hybridized carbons (Fsp3) is 1.00. The van der Waals surface area contributed by atoms with E-state index >= 15 is 0 Å². The fourth-order valence-corrected chi connectivity index (χ4v) is 1.76. The molecule has 0 bridgehead atoms. The first-order valence-corrected chi connectivity index (χ1v) is 6.73. The smallest absolute Gasteiger partial charge is 0.0701 e. The van der Waals surface area contributed by atoms with Gasteiger partial charge < -0.3 is 14.8 Å². The monoisotopic (exact) mass is 229 g/mol. The average molecular weight is 229 g/mol. The topological polar surface area (TPSA) is 30.5 Å². The third-order valence-electron chi connectivity index (χ3n) is 3.29. The minimum atomic E-state index is 0.473. The second-order valence-corrected chi connectivity index (χ2v) is 4.64. The van der Waals surface area contributed by atoms with Crippen molar-refractivity contribution < 1.29 is 9.47 Å². The third kappa shape index (κ3) is 5.83. The van der Waals surface area contributed by atoms with Gasteiger partial charge in [0.1, 0.15) is 0 Å². The zero-order valence-corrected chi connectivity index (χ0v) is 10.9. The molecule has 3 nitrogen and oxygen atoms in total. The normalized spacial score (nSPS) is 17.6. The molecule has 0 aromatic carbocycles. The van der Waals surface area contributed by atoms with Crippen molar-refractivity contribution in [1.82, 2.24) is 5.32 Å². The Morgan fingerprint density at radius 3 is 2.25 bits per heavy atom. The quantitative estimate of drug-likeness (QED) is 0.552. The van der Waals surface area contributed by atoms with Crippen LogP contribution in [0.2, 0.25) is 0 Å². The molecule has 1 N–H and O–H groups in total. The molecule has 0 atom stereocenters. The van der Waals surface area contributed by atoms with E-state index in [4.69, 9.17) is 9.47 Å². The van der Waals surface area contributed by atoms with Gasteiger partial charge in [0.05, 0.1) is 19.8 Å². The van der Waals surface area contributed by atoms with E-state index in [0.717, 1.165) is 39.4 Å². The molecule has 1 rings (SSSR count). The molecule has 96 valence electrons. The number of rotatable bonds is 11. The van der Waals surface area contributed by atoms with Gasteiger partial charge in [0, 0.05) is 18.7 Å². The summed E-state index contributed by atoms with van der Waals surface area (Å²) < 4.78 is 10.9. The molecule has 16 heavy (non-hydrogen) atoms. The van der Waals surface area contributed by atoms with Crippen LogP contribution in [0.3, 0.4) is 0 Å². The standard InChI is InChI=1S/C13H27NO2/c1-3-5-9-15-11-12-16-10-8-14-13(4-2)6-7-13/h14H,3-12H2,1-2H3. The highest BCUT2D eigenvalue weighted by Crippen LogP contribution is 2.37. The van der Waals surface area contributed by atoms with E-state index in [-0.39, 0.29) is 0 Å². The molecule has 0 aromatic heterocycles. The molecule has 0 heterocycles. The van der Waals surface area contributed by atoms with Gasteiger partial charge in [0.25, 0.3) is 0 Å². The Kier molecular flexibility index (Phi) is 7.01. The Morgan fingerprint density at radius 2 is 1.69 bits per heavy atom. The Morgan fingerprint density at radius 1 is 1.00 bits per heavy atom. The predicted molar refractivity (Wildman–Crippen MR) is 66.8 cm³/mol. The summed E-state index contributed by atoms with van der Waals surface area (Å²) in [6.07, 6.45) is 6.27. The van der Waals surface area contributed by atoms with Crippen LogP contribution in [-0.4, -0.2) is 38.5 Å². The van der Waals surface area contributed by atoms with Crippen molar-refractivity contribution in [3.05, 3.63) is 0 Å². The van der Waals surface area contributed by atoms with Gasteiger partial charge in [-0.15, -0.1) is 0 Å². The lowest BCUT2D eigenvalue weighted by Gasteiger charge is -2.14. The lowest BCUT2D eigenvalue weighted by atomic mass is 10.2. The summed E-state index contributed by atoms with van der Waals surface area (Å²) in [5.41, 5.74) is 0.473. The highest BCUT2D eigenvalue weighted by atomic mass is 16.5. The van der Waals surface area contributed by atoms with Crippen molar-refractivity contribution in [1.29, 1.82) is 0 Å². The van der Waals surface area contributed by atoms with Crippen LogP contribution in [-0.2, 0) is 9.47 Å². The van der Waals surface area contributed by atoms with Crippen molar-refractivity contribution >= 4 is 0 Å². The number of nitrogens with one attached hydrogen (secondary N) is 1. The molecule has 1 aliphatic rings. The van der Waals surface area contributed by atoms with Crippen LogP contribution in [0.1, 0.15) is 46.0 Å². The first kappa shape index (κ1) is 13.9. The second-order valence-electron chi connectivity index (χ2n) is 4.64. The summed E-state index contributed by atoms with van der Waals surface area (Å²) in [5, 5.41) is 3.57. The second kappa shape index (κ2) is 8.04. The summed E-state index contributed by atoms with van der Waals surface area (Å²) in [5.74, 6) is 0. The van der Waals surface area contributed by atoms with Gasteiger partial charge in [-0.05, 0) is 25.7 Å². The van der Waals surface area contributed by atoms with E-state index in [1.165, 1.54) is 25.7 Å². The molecule has 0 radical (unpaired) electrons. The van der Waals surface area contributed by atoms with Crippen molar-refractivity contribution in [3.63, 3.8) is 0 Å². The van der Waals surface area contributed by atoms with Crippen molar-refractivity contribution in [2.24, 2.45) is 0 Å². The molecule has 1 aliphatic carbocycles. The maximum atomic E-state index is 5.49. The minimum absolute atomic E-state index is 0.473. The summed E-state index contributed by atoms with van der Waals surface area (Å²) in [6, 6.07) is 0. The summed E-state index contributed by atoms with van der Waals surface area (Å²) in [7, 11) is 0. The molecule has 3 heteroatoms. The first-order valence-electron chi connectivity index (χ1n) is 6.73. The predicted octanol–water partition coefficient (Wildman–Crippen LogP) is 2.35. The maximum Gasteiger partial charge on any atom is 0.0701 e. The highest BCUT2D eigenvalue weighted by molar-refractivity contribution is 5.00. The van der Waals surface area contributed by atoms with Gasteiger partial charge in [0.15, 0.2) is 0 Å². The summed E-state index contributed by atoms with van der Waals surface area (Å²) in [6.45, 7) is 8.54. The molecule has 0 saturated heterocycles. The van der Waals surface area contributed by atoms with Crippen LogP contribution in [0.4, 0.5) is 0 Å². The molecule has 0 aliphatic heterocycles. The Labute approximate surface area is 99.9 Å². The van der Waals surface area contributed by atoms with Crippen molar-refractivity contribution in [3.8, 4) is 0 Å². The largest absolute Gasteiger partial charge is 0.379 e. The van der Waals surface area contributed by atoms with Gasteiger partial charge in [-0.1, -0.05) is 20.3 Å². The molecule has 1 saturated carbocycles. The van der Waals surface area contributed by atoms with E-state index < -0.39 is 0 Å². The number of ether oxygens (including phenoxy) is 2. The van der Waals surface area contributed by atoms with E-state index in [1.807, 2.05) is 0 Å². The number of hydrogen-bond acceptors (Lipinski definition) is 3. The Bertz CT molecular complexity index is 169. The van der Waals surface area contributed by atoms with Crippen molar-refractivity contribution in [2.75, 3.05) is 33.0 Å². The van der Waals surface area contributed by atoms with Crippen LogP contribution in [0.15, 0.2) is 0 Å². The Balaban J connectivity index is 1.75. The van der Waals surface area contributed by atoms with Crippen LogP contribution in [0, 0.1) is 0 Å². The van der Waals surface area contributed by atoms with E-state index in [0.29, 0.717) is 5.54 Å². The van der Waals surface area contributed by atoms with E-state index in [2.05, 4.69) is 19.2 Å². The maximum absolute atomic E-state index is 5.49. The summed E-state index contributed by atoms with van der Waals surface area (Å²) >= 11 is 0.